The minimum Gasteiger partial charge on any atom is -0.493 e. The van der Waals surface area contributed by atoms with Crippen molar-refractivity contribution in [2.45, 2.75) is 13.5 Å². The van der Waals surface area contributed by atoms with Crippen LogP contribution in [0.2, 0.25) is 0 Å². The quantitative estimate of drug-likeness (QED) is 0.470. The van der Waals surface area contributed by atoms with E-state index in [2.05, 4.69) is 21.2 Å². The van der Waals surface area contributed by atoms with Gasteiger partial charge in [0.25, 0.3) is 5.91 Å². The van der Waals surface area contributed by atoms with Gasteiger partial charge in [-0.15, -0.1) is 0 Å². The van der Waals surface area contributed by atoms with E-state index in [-0.39, 0.29) is 5.70 Å². The highest BCUT2D eigenvalue weighted by atomic mass is 79.9. The molecule has 0 saturated carbocycles. The Kier molecular flexibility index (Phi) is 6.41. The molecule has 3 rings (SSSR count). The Morgan fingerprint density at radius 1 is 1.20 bits per heavy atom. The van der Waals surface area contributed by atoms with Crippen LogP contribution in [0, 0.1) is 6.92 Å². The highest BCUT2D eigenvalue weighted by Gasteiger charge is 2.35. The fourth-order valence-corrected chi connectivity index (χ4v) is 3.22. The number of carbonyl (C=O) groups is 3. The third-order valence-electron chi connectivity index (χ3n) is 4.35. The largest absolute Gasteiger partial charge is 0.493 e. The minimum absolute atomic E-state index is 0.0303. The number of nitrogens with one attached hydrogen (secondary N) is 1. The zero-order chi connectivity index (χ0) is 21.8. The molecule has 8 nitrogen and oxygen atoms in total. The molecule has 3 amide bonds. The number of rotatable bonds is 7. The van der Waals surface area contributed by atoms with E-state index < -0.39 is 24.5 Å². The maximum absolute atomic E-state index is 12.3. The minimum atomic E-state index is -1.28. The van der Waals surface area contributed by atoms with Crippen molar-refractivity contribution in [3.8, 4) is 11.5 Å². The molecule has 2 N–H and O–H groups in total. The van der Waals surface area contributed by atoms with Crippen LogP contribution in [0.1, 0.15) is 16.7 Å². The van der Waals surface area contributed by atoms with Gasteiger partial charge in [0.15, 0.2) is 11.5 Å². The predicted octanol–water partition coefficient (Wildman–Crippen LogP) is 3.32. The first-order valence-electron chi connectivity index (χ1n) is 8.90. The average Bonchev–Trinajstić information content (AvgIpc) is 2.96. The molecule has 0 spiro atoms. The van der Waals surface area contributed by atoms with E-state index in [1.165, 1.54) is 13.2 Å². The van der Waals surface area contributed by atoms with Gasteiger partial charge in [0.1, 0.15) is 18.8 Å². The normalized spacial score (nSPS) is 14.8. The van der Waals surface area contributed by atoms with Crippen molar-refractivity contribution in [1.82, 2.24) is 10.2 Å². The molecule has 30 heavy (non-hydrogen) atoms. The van der Waals surface area contributed by atoms with Crippen LogP contribution in [-0.2, 0) is 16.2 Å². The number of imide groups is 1. The van der Waals surface area contributed by atoms with Crippen molar-refractivity contribution in [1.29, 1.82) is 0 Å². The molecule has 9 heteroatoms. The number of urea groups is 1. The third-order valence-corrected chi connectivity index (χ3v) is 5.04. The van der Waals surface area contributed by atoms with E-state index in [1.807, 2.05) is 31.2 Å². The molecule has 0 radical (unpaired) electrons. The SMILES string of the molecule is COc1cc(/C=C2/NC(=O)N(CC(=O)O)C2=O)c(Br)cc1OCc1ccc(C)cc1. The van der Waals surface area contributed by atoms with Gasteiger partial charge in [-0.1, -0.05) is 45.8 Å². The van der Waals surface area contributed by atoms with Crippen molar-refractivity contribution >= 4 is 39.9 Å². The first kappa shape index (κ1) is 21.4. The lowest BCUT2D eigenvalue weighted by atomic mass is 10.1. The number of carboxylic acids is 1. The maximum Gasteiger partial charge on any atom is 0.329 e. The second-order valence-corrected chi connectivity index (χ2v) is 7.43. The van der Waals surface area contributed by atoms with Crippen LogP contribution in [0.3, 0.4) is 0 Å². The van der Waals surface area contributed by atoms with Gasteiger partial charge in [0.05, 0.1) is 7.11 Å². The Morgan fingerprint density at radius 3 is 2.53 bits per heavy atom. The summed E-state index contributed by atoms with van der Waals surface area (Å²) in [6, 6.07) is 10.5. The molecular weight excluding hydrogens is 456 g/mol. The van der Waals surface area contributed by atoms with Gasteiger partial charge in [0.2, 0.25) is 0 Å². The lowest BCUT2D eigenvalue weighted by molar-refractivity contribution is -0.140. The molecule has 0 aromatic heterocycles. The van der Waals surface area contributed by atoms with Crippen molar-refractivity contribution in [3.63, 3.8) is 0 Å². The molecular formula is C21H19BrN2O6. The van der Waals surface area contributed by atoms with Crippen molar-refractivity contribution < 1.29 is 29.0 Å². The Balaban J connectivity index is 1.82. The van der Waals surface area contributed by atoms with Crippen LogP contribution in [0.4, 0.5) is 4.79 Å². The maximum atomic E-state index is 12.3. The van der Waals surface area contributed by atoms with Crippen LogP contribution < -0.4 is 14.8 Å². The molecule has 2 aromatic rings. The first-order chi connectivity index (χ1) is 14.3. The Bertz CT molecular complexity index is 1030. The predicted molar refractivity (Wildman–Crippen MR) is 112 cm³/mol. The number of carbonyl (C=O) groups excluding carboxylic acids is 2. The summed E-state index contributed by atoms with van der Waals surface area (Å²) >= 11 is 3.43. The van der Waals surface area contributed by atoms with E-state index in [0.29, 0.717) is 33.0 Å². The number of methoxy groups -OCH3 is 1. The molecule has 1 aliphatic rings. The number of aryl methyl sites for hydroxylation is 1. The zero-order valence-electron chi connectivity index (χ0n) is 16.3. The van der Waals surface area contributed by atoms with Crippen molar-refractivity contribution in [3.05, 3.63) is 63.3 Å². The van der Waals surface area contributed by atoms with E-state index in [9.17, 15) is 14.4 Å². The first-order valence-corrected chi connectivity index (χ1v) is 9.70. The fourth-order valence-electron chi connectivity index (χ4n) is 2.79. The molecule has 2 aromatic carbocycles. The second kappa shape index (κ2) is 9.00. The van der Waals surface area contributed by atoms with E-state index in [0.717, 1.165) is 11.1 Å². The molecule has 0 bridgehead atoms. The van der Waals surface area contributed by atoms with E-state index >= 15 is 0 Å². The van der Waals surface area contributed by atoms with Crippen LogP contribution in [0.5, 0.6) is 11.5 Å². The summed E-state index contributed by atoms with van der Waals surface area (Å²) in [5.74, 6) is -1.05. The summed E-state index contributed by atoms with van der Waals surface area (Å²) in [5, 5.41) is 11.2. The number of halogens is 1. The number of hydrogen-bond donors (Lipinski definition) is 2. The number of carboxylic acid groups (broad SMARTS) is 1. The standard InChI is InChI=1S/C21H19BrN2O6/c1-12-3-5-13(6-4-12)11-30-18-9-15(22)14(8-17(18)29-2)7-16-20(27)24(10-19(25)26)21(28)23-16/h3-9H,10-11H2,1-2H3,(H,23,28)(H,25,26)/b16-7+. The van der Waals surface area contributed by atoms with Gasteiger partial charge >= 0.3 is 12.0 Å². The zero-order valence-corrected chi connectivity index (χ0v) is 17.9. The van der Waals surface area contributed by atoms with Gasteiger partial charge in [-0.3, -0.25) is 9.59 Å². The molecule has 1 aliphatic heterocycles. The van der Waals surface area contributed by atoms with Gasteiger partial charge in [-0.05, 0) is 36.3 Å². The van der Waals surface area contributed by atoms with Crippen LogP contribution in [-0.4, -0.2) is 41.6 Å². The van der Waals surface area contributed by atoms with E-state index in [1.54, 1.807) is 12.1 Å². The lowest BCUT2D eigenvalue weighted by Gasteiger charge is -2.13. The average molecular weight is 475 g/mol. The molecule has 0 aliphatic carbocycles. The number of ether oxygens (including phenoxy) is 2. The van der Waals surface area contributed by atoms with Crippen molar-refractivity contribution in [2.75, 3.05) is 13.7 Å². The van der Waals surface area contributed by atoms with Gasteiger partial charge in [-0.25, -0.2) is 9.69 Å². The summed E-state index contributed by atoms with van der Waals surface area (Å²) in [5.41, 5.74) is 2.68. The summed E-state index contributed by atoms with van der Waals surface area (Å²) in [7, 11) is 1.50. The number of hydrogen-bond acceptors (Lipinski definition) is 5. The summed E-state index contributed by atoms with van der Waals surface area (Å²) < 4.78 is 11.9. The summed E-state index contributed by atoms with van der Waals surface area (Å²) in [4.78, 5) is 35.6. The number of nitrogens with zero attached hydrogens (tertiary/aromatic N) is 1. The Morgan fingerprint density at radius 2 is 1.90 bits per heavy atom. The van der Waals surface area contributed by atoms with E-state index in [4.69, 9.17) is 14.6 Å². The Labute approximate surface area is 181 Å². The van der Waals surface area contributed by atoms with Crippen LogP contribution in [0.15, 0.2) is 46.6 Å². The smallest absolute Gasteiger partial charge is 0.329 e. The summed E-state index contributed by atoms with van der Waals surface area (Å²) in [6.45, 7) is 1.65. The number of amides is 3. The van der Waals surface area contributed by atoms with Gasteiger partial charge in [0, 0.05) is 4.47 Å². The van der Waals surface area contributed by atoms with Gasteiger partial charge < -0.3 is 19.9 Å². The molecule has 0 unspecified atom stereocenters. The molecule has 0 atom stereocenters. The number of aliphatic carboxylic acids is 1. The third kappa shape index (κ3) is 4.80. The molecule has 156 valence electrons. The highest BCUT2D eigenvalue weighted by Crippen LogP contribution is 2.35. The molecule has 1 heterocycles. The lowest BCUT2D eigenvalue weighted by Crippen LogP contribution is -2.35. The Hall–Kier alpha value is -3.33. The van der Waals surface area contributed by atoms with Crippen LogP contribution in [0.25, 0.3) is 6.08 Å². The topological polar surface area (TPSA) is 105 Å². The number of benzene rings is 2. The highest BCUT2D eigenvalue weighted by molar-refractivity contribution is 9.10. The monoisotopic (exact) mass is 474 g/mol. The van der Waals surface area contributed by atoms with Crippen LogP contribution >= 0.6 is 15.9 Å². The summed E-state index contributed by atoms with van der Waals surface area (Å²) in [6.07, 6.45) is 1.44. The fraction of sp³-hybridized carbons (Fsp3) is 0.190. The van der Waals surface area contributed by atoms with Crippen molar-refractivity contribution in [2.24, 2.45) is 0 Å². The van der Waals surface area contributed by atoms with Gasteiger partial charge in [-0.2, -0.15) is 0 Å². The molecule has 1 fully saturated rings. The molecule has 1 saturated heterocycles. The second-order valence-electron chi connectivity index (χ2n) is 6.57.